The third-order valence-corrected chi connectivity index (χ3v) is 7.17. The smallest absolute Gasteiger partial charge is 0.0566 e. The Balaban J connectivity index is 1.60. The van der Waals surface area contributed by atoms with Crippen LogP contribution in [0, 0.1) is 6.07 Å². The number of hydrogen-bond acceptors (Lipinski definition) is 0. The van der Waals surface area contributed by atoms with Crippen LogP contribution in [0.3, 0.4) is 0 Å². The van der Waals surface area contributed by atoms with Crippen molar-refractivity contribution >= 4 is 43.6 Å². The maximum absolute atomic E-state index is 3.84. The van der Waals surface area contributed by atoms with Crippen molar-refractivity contribution in [2.24, 2.45) is 0 Å². The molecule has 167 valence electrons. The molecule has 0 aliphatic heterocycles. The number of aromatic nitrogens is 2. The van der Waals surface area contributed by atoms with Crippen molar-refractivity contribution in [3.8, 4) is 11.4 Å². The summed E-state index contributed by atoms with van der Waals surface area (Å²) >= 11 is 0. The van der Waals surface area contributed by atoms with Gasteiger partial charge in [0.2, 0.25) is 0 Å². The molecule has 2 heteroatoms. The van der Waals surface area contributed by atoms with Crippen LogP contribution in [-0.2, 0) is 0 Å². The van der Waals surface area contributed by atoms with Crippen molar-refractivity contribution in [3.63, 3.8) is 0 Å². The van der Waals surface area contributed by atoms with E-state index in [9.17, 15) is 0 Å². The van der Waals surface area contributed by atoms with Gasteiger partial charge >= 0.3 is 0 Å². The molecule has 2 aromatic heterocycles. The molecule has 0 aliphatic carbocycles. The van der Waals surface area contributed by atoms with Gasteiger partial charge in [0, 0.05) is 27.6 Å². The molecule has 7 aromatic rings. The van der Waals surface area contributed by atoms with Gasteiger partial charge in [-0.25, -0.2) is 0 Å². The minimum atomic E-state index is 0.392. The van der Waals surface area contributed by atoms with Crippen LogP contribution in [0.1, 0.15) is 25.3 Å². The highest BCUT2D eigenvalue weighted by Gasteiger charge is 2.17. The summed E-state index contributed by atoms with van der Waals surface area (Å²) in [4.78, 5) is 0. The van der Waals surface area contributed by atoms with E-state index in [-0.39, 0.29) is 0 Å². The average molecular weight is 450 g/mol. The van der Waals surface area contributed by atoms with Gasteiger partial charge < -0.3 is 9.13 Å². The molecule has 0 aliphatic rings. The molecular formula is C33H25N2. The Hall–Kier alpha value is -4.30. The minimum absolute atomic E-state index is 0.392. The van der Waals surface area contributed by atoms with E-state index in [4.69, 9.17) is 0 Å². The van der Waals surface area contributed by atoms with Crippen LogP contribution in [0.4, 0.5) is 0 Å². The van der Waals surface area contributed by atoms with Gasteiger partial charge in [0.05, 0.1) is 33.4 Å². The first-order valence-corrected chi connectivity index (χ1v) is 12.2. The van der Waals surface area contributed by atoms with E-state index in [0.717, 1.165) is 11.4 Å². The predicted octanol–water partition coefficient (Wildman–Crippen LogP) is 8.80. The van der Waals surface area contributed by atoms with Crippen molar-refractivity contribution < 1.29 is 0 Å². The van der Waals surface area contributed by atoms with E-state index >= 15 is 0 Å². The van der Waals surface area contributed by atoms with E-state index < -0.39 is 0 Å². The van der Waals surface area contributed by atoms with Gasteiger partial charge in [-0.1, -0.05) is 86.6 Å². The second kappa shape index (κ2) is 7.61. The molecule has 0 fully saturated rings. The lowest BCUT2D eigenvalue weighted by atomic mass is 10.0. The number of fused-ring (bicyclic) bond motifs is 6. The summed E-state index contributed by atoms with van der Waals surface area (Å²) in [7, 11) is 0. The molecular weight excluding hydrogens is 424 g/mol. The molecule has 0 atom stereocenters. The Labute approximate surface area is 204 Å². The van der Waals surface area contributed by atoms with Crippen LogP contribution < -0.4 is 0 Å². The molecule has 0 N–H and O–H groups in total. The first-order chi connectivity index (χ1) is 17.2. The molecule has 2 nitrogen and oxygen atoms in total. The molecule has 7 rings (SSSR count). The van der Waals surface area contributed by atoms with Crippen LogP contribution in [0.25, 0.3) is 55.0 Å². The fourth-order valence-corrected chi connectivity index (χ4v) is 5.50. The monoisotopic (exact) mass is 449 g/mol. The molecule has 0 saturated carbocycles. The Morgan fingerprint density at radius 2 is 0.800 bits per heavy atom. The standard InChI is InChI=1S/C33H25N2/c1-22(2)23-19-24(34-30-15-7-3-11-26(30)27-12-4-8-16-31(27)34)21-25(20-23)35-32-17-9-5-13-28(32)29-14-6-10-18-33(29)35/h3-20,22H,1-2H3. The molecule has 0 spiro atoms. The normalized spacial score (nSPS) is 12.0. The molecule has 0 amide bonds. The van der Waals surface area contributed by atoms with Gasteiger partial charge in [-0.15, -0.1) is 0 Å². The Kier molecular flexibility index (Phi) is 4.37. The molecule has 2 heterocycles. The minimum Gasteiger partial charge on any atom is -0.309 e. The second-order valence-electron chi connectivity index (χ2n) is 9.58. The third kappa shape index (κ3) is 2.96. The Morgan fingerprint density at radius 1 is 0.486 bits per heavy atom. The fourth-order valence-electron chi connectivity index (χ4n) is 5.50. The number of hydrogen-bond donors (Lipinski definition) is 0. The topological polar surface area (TPSA) is 9.86 Å². The van der Waals surface area contributed by atoms with Crippen molar-refractivity contribution in [1.82, 2.24) is 9.13 Å². The third-order valence-electron chi connectivity index (χ3n) is 7.17. The van der Waals surface area contributed by atoms with E-state index in [0.29, 0.717) is 5.92 Å². The quantitative estimate of drug-likeness (QED) is 0.255. The van der Waals surface area contributed by atoms with Gasteiger partial charge in [-0.3, -0.25) is 0 Å². The maximum Gasteiger partial charge on any atom is 0.0566 e. The molecule has 0 saturated heterocycles. The zero-order chi connectivity index (χ0) is 23.5. The molecule has 1 radical (unpaired) electrons. The van der Waals surface area contributed by atoms with Gasteiger partial charge in [-0.05, 0) is 47.9 Å². The predicted molar refractivity (Wildman–Crippen MR) is 148 cm³/mol. The van der Waals surface area contributed by atoms with E-state index in [1.807, 2.05) is 0 Å². The number of rotatable bonds is 3. The largest absolute Gasteiger partial charge is 0.309 e. The van der Waals surface area contributed by atoms with Crippen molar-refractivity contribution in [1.29, 1.82) is 0 Å². The Morgan fingerprint density at radius 3 is 1.11 bits per heavy atom. The second-order valence-corrected chi connectivity index (χ2v) is 9.58. The number of para-hydroxylation sites is 4. The van der Waals surface area contributed by atoms with Crippen molar-refractivity contribution in [2.45, 2.75) is 19.8 Å². The zero-order valence-corrected chi connectivity index (χ0v) is 19.9. The zero-order valence-electron chi connectivity index (χ0n) is 19.9. The number of nitrogens with zero attached hydrogens (tertiary/aromatic N) is 2. The lowest BCUT2D eigenvalue weighted by molar-refractivity contribution is 0.861. The highest BCUT2D eigenvalue weighted by molar-refractivity contribution is 6.10. The van der Waals surface area contributed by atoms with Gasteiger partial charge in [0.25, 0.3) is 0 Å². The SMILES string of the molecule is CC(C)c1cc(-n2c3ccccc3c3ccccc32)[c]c(-n2c3ccccc3c3ccccc32)c1. The van der Waals surface area contributed by atoms with Crippen molar-refractivity contribution in [2.75, 3.05) is 0 Å². The van der Waals surface area contributed by atoms with E-state index in [2.05, 4.69) is 138 Å². The van der Waals surface area contributed by atoms with Crippen molar-refractivity contribution in [3.05, 3.63) is 121 Å². The van der Waals surface area contributed by atoms with Crippen LogP contribution in [-0.4, -0.2) is 9.13 Å². The molecule has 35 heavy (non-hydrogen) atoms. The highest BCUT2D eigenvalue weighted by atomic mass is 15.0. The van der Waals surface area contributed by atoms with Gasteiger partial charge in [0.15, 0.2) is 0 Å². The summed E-state index contributed by atoms with van der Waals surface area (Å²) in [6.07, 6.45) is 0. The molecule has 0 bridgehead atoms. The molecule has 0 unspecified atom stereocenters. The number of benzene rings is 5. The van der Waals surface area contributed by atoms with Crippen LogP contribution in [0.15, 0.2) is 109 Å². The lowest BCUT2D eigenvalue weighted by Crippen LogP contribution is -2.02. The van der Waals surface area contributed by atoms with Crippen LogP contribution >= 0.6 is 0 Å². The first kappa shape index (κ1) is 20.1. The van der Waals surface area contributed by atoms with E-state index in [1.165, 1.54) is 49.2 Å². The van der Waals surface area contributed by atoms with Gasteiger partial charge in [-0.2, -0.15) is 0 Å². The summed E-state index contributed by atoms with van der Waals surface area (Å²) in [5.41, 5.74) is 8.28. The average Bonchev–Trinajstić information content (AvgIpc) is 3.42. The van der Waals surface area contributed by atoms with E-state index in [1.54, 1.807) is 0 Å². The fraction of sp³-hybridized carbons (Fsp3) is 0.0909. The summed E-state index contributed by atoms with van der Waals surface area (Å²) in [5.74, 6) is 0.392. The summed E-state index contributed by atoms with van der Waals surface area (Å²) in [6, 6.07) is 43.2. The summed E-state index contributed by atoms with van der Waals surface area (Å²) < 4.78 is 4.74. The maximum atomic E-state index is 3.84. The van der Waals surface area contributed by atoms with Crippen LogP contribution in [0.5, 0.6) is 0 Å². The lowest BCUT2D eigenvalue weighted by Gasteiger charge is -2.16. The van der Waals surface area contributed by atoms with Crippen LogP contribution in [0.2, 0.25) is 0 Å². The Bertz CT molecular complexity index is 1640. The first-order valence-electron chi connectivity index (χ1n) is 12.2. The summed E-state index contributed by atoms with van der Waals surface area (Å²) in [6.45, 7) is 4.53. The van der Waals surface area contributed by atoms with Gasteiger partial charge in [0.1, 0.15) is 0 Å². The highest BCUT2D eigenvalue weighted by Crippen LogP contribution is 2.36. The summed E-state index contributed by atoms with van der Waals surface area (Å²) in [5, 5.41) is 5.07. The molecule has 5 aromatic carbocycles.